The van der Waals surface area contributed by atoms with Crippen molar-refractivity contribution in [3.8, 4) is 5.69 Å². The monoisotopic (exact) mass is 414 g/mol. The largest absolute Gasteiger partial charge is 0.378 e. The molecule has 4 rings (SSSR count). The third-order valence-electron chi connectivity index (χ3n) is 4.76. The molecule has 3 aromatic rings. The molecule has 1 aliphatic heterocycles. The summed E-state index contributed by atoms with van der Waals surface area (Å²) in [5.41, 5.74) is 3.19. The Bertz CT molecular complexity index is 1060. The van der Waals surface area contributed by atoms with E-state index in [2.05, 4.69) is 28.5 Å². The molecule has 6 nitrogen and oxygen atoms in total. The molecule has 1 atom stereocenters. The summed E-state index contributed by atoms with van der Waals surface area (Å²) in [6.45, 7) is 2.59. The molecule has 1 aliphatic rings. The van der Waals surface area contributed by atoms with Crippen LogP contribution in [0.2, 0.25) is 0 Å². The lowest BCUT2D eigenvalue weighted by Crippen LogP contribution is -2.11. The average molecular weight is 415 g/mol. The van der Waals surface area contributed by atoms with Crippen LogP contribution in [0.4, 0.5) is 5.69 Å². The van der Waals surface area contributed by atoms with Gasteiger partial charge in [0.05, 0.1) is 18.1 Å². The van der Waals surface area contributed by atoms with Crippen molar-refractivity contribution < 1.29 is 8.42 Å². The number of anilines is 1. The molecule has 1 aromatic heterocycles. The van der Waals surface area contributed by atoms with Gasteiger partial charge in [-0.1, -0.05) is 48.2 Å². The molecule has 1 saturated heterocycles. The zero-order chi connectivity index (χ0) is 19.6. The Labute approximate surface area is 169 Å². The summed E-state index contributed by atoms with van der Waals surface area (Å²) in [7, 11) is -2.93. The molecule has 8 heteroatoms. The second-order valence-electron chi connectivity index (χ2n) is 6.88. The van der Waals surface area contributed by atoms with E-state index in [9.17, 15) is 8.42 Å². The fraction of sp³-hybridized carbons (Fsp3) is 0.300. The van der Waals surface area contributed by atoms with Gasteiger partial charge in [-0.3, -0.25) is 4.57 Å². The lowest BCUT2D eigenvalue weighted by atomic mass is 10.2. The van der Waals surface area contributed by atoms with Gasteiger partial charge in [0.25, 0.3) is 0 Å². The molecule has 1 fully saturated rings. The van der Waals surface area contributed by atoms with E-state index in [0.29, 0.717) is 13.0 Å². The highest BCUT2D eigenvalue weighted by Gasteiger charge is 2.30. The number of hydrogen-bond acceptors (Lipinski definition) is 6. The van der Waals surface area contributed by atoms with Gasteiger partial charge >= 0.3 is 0 Å². The Kier molecular flexibility index (Phi) is 5.41. The second kappa shape index (κ2) is 7.97. The second-order valence-corrected chi connectivity index (χ2v) is 10.4. The topological polar surface area (TPSA) is 76.9 Å². The minimum absolute atomic E-state index is 0.0221. The van der Waals surface area contributed by atoms with Crippen molar-refractivity contribution >= 4 is 27.3 Å². The van der Waals surface area contributed by atoms with Crippen LogP contribution in [0.25, 0.3) is 5.69 Å². The number of aryl methyl sites for hydroxylation is 1. The fourth-order valence-electron chi connectivity index (χ4n) is 3.28. The highest BCUT2D eigenvalue weighted by Crippen LogP contribution is 2.32. The normalized spacial score (nSPS) is 18.2. The summed E-state index contributed by atoms with van der Waals surface area (Å²) in [6.07, 6.45) is 0.658. The van der Waals surface area contributed by atoms with E-state index in [-0.39, 0.29) is 16.8 Å². The van der Waals surface area contributed by atoms with Gasteiger partial charge in [-0.15, -0.1) is 10.2 Å². The molecule has 2 aromatic carbocycles. The molecule has 1 unspecified atom stereocenters. The molecule has 0 bridgehead atoms. The first-order valence-electron chi connectivity index (χ1n) is 9.18. The molecule has 2 heterocycles. The first-order chi connectivity index (χ1) is 13.5. The van der Waals surface area contributed by atoms with Crippen molar-refractivity contribution in [2.24, 2.45) is 0 Å². The van der Waals surface area contributed by atoms with Crippen LogP contribution in [-0.2, 0) is 16.4 Å². The number of nitrogens with one attached hydrogen (secondary N) is 1. The Morgan fingerprint density at radius 3 is 2.57 bits per heavy atom. The predicted molar refractivity (Wildman–Crippen MR) is 113 cm³/mol. The minimum Gasteiger partial charge on any atom is -0.378 e. The molecule has 0 radical (unpaired) electrons. The van der Waals surface area contributed by atoms with Gasteiger partial charge in [0.15, 0.2) is 20.8 Å². The minimum atomic E-state index is -2.93. The Balaban J connectivity index is 1.61. The molecular formula is C20H22N4O2S2. The maximum atomic E-state index is 11.8. The lowest BCUT2D eigenvalue weighted by Gasteiger charge is -2.13. The number of rotatable bonds is 6. The summed E-state index contributed by atoms with van der Waals surface area (Å²) < 4.78 is 25.6. The van der Waals surface area contributed by atoms with Gasteiger partial charge in [0, 0.05) is 16.6 Å². The summed E-state index contributed by atoms with van der Waals surface area (Å²) in [5.74, 6) is 1.25. The highest BCUT2D eigenvalue weighted by atomic mass is 32.2. The fourth-order valence-corrected chi connectivity index (χ4v) is 6.80. The summed E-state index contributed by atoms with van der Waals surface area (Å²) in [6, 6.07) is 18.0. The zero-order valence-corrected chi connectivity index (χ0v) is 17.2. The van der Waals surface area contributed by atoms with Crippen molar-refractivity contribution in [3.05, 3.63) is 66.0 Å². The summed E-state index contributed by atoms with van der Waals surface area (Å²) in [5, 5.41) is 13.0. The molecule has 1 N–H and O–H groups in total. The van der Waals surface area contributed by atoms with Gasteiger partial charge in [0.2, 0.25) is 0 Å². The number of thioether (sulfide) groups is 1. The standard InChI is InChI=1S/C20H22N4O2S2/c1-15-7-5-6-10-18(15)21-13-19-22-23-20(24(19)16-8-3-2-4-9-16)27-17-11-12-28(25,26)14-17/h2-10,17,21H,11-14H2,1H3. The molecule has 0 aliphatic carbocycles. The molecule has 28 heavy (non-hydrogen) atoms. The molecular weight excluding hydrogens is 392 g/mol. The Morgan fingerprint density at radius 1 is 1.11 bits per heavy atom. The molecule has 0 amide bonds. The molecule has 0 spiro atoms. The van der Waals surface area contributed by atoms with Gasteiger partial charge in [0.1, 0.15) is 0 Å². The number of nitrogens with zero attached hydrogens (tertiary/aromatic N) is 3. The maximum absolute atomic E-state index is 11.8. The van der Waals surface area contributed by atoms with Crippen molar-refractivity contribution in [1.82, 2.24) is 14.8 Å². The van der Waals surface area contributed by atoms with Crippen molar-refractivity contribution in [1.29, 1.82) is 0 Å². The molecule has 0 saturated carbocycles. The van der Waals surface area contributed by atoms with E-state index in [4.69, 9.17) is 0 Å². The van der Waals surface area contributed by atoms with Gasteiger partial charge in [-0.2, -0.15) is 0 Å². The van der Waals surface area contributed by atoms with Gasteiger partial charge in [-0.25, -0.2) is 8.42 Å². The number of hydrogen-bond donors (Lipinski definition) is 1. The number of aromatic nitrogens is 3. The van der Waals surface area contributed by atoms with Crippen LogP contribution in [0.3, 0.4) is 0 Å². The van der Waals surface area contributed by atoms with Crippen LogP contribution in [-0.4, -0.2) is 39.9 Å². The zero-order valence-electron chi connectivity index (χ0n) is 15.6. The highest BCUT2D eigenvalue weighted by molar-refractivity contribution is 8.01. The van der Waals surface area contributed by atoms with Crippen LogP contribution < -0.4 is 5.32 Å². The lowest BCUT2D eigenvalue weighted by molar-refractivity contribution is 0.602. The quantitative estimate of drug-likeness (QED) is 0.666. The van der Waals surface area contributed by atoms with Crippen molar-refractivity contribution in [2.75, 3.05) is 16.8 Å². The third kappa shape index (κ3) is 4.23. The summed E-state index contributed by atoms with van der Waals surface area (Å²) in [4.78, 5) is 0. The number of para-hydroxylation sites is 2. The van der Waals surface area contributed by atoms with E-state index >= 15 is 0 Å². The van der Waals surface area contributed by atoms with Crippen LogP contribution >= 0.6 is 11.8 Å². The molecule has 146 valence electrons. The van der Waals surface area contributed by atoms with Crippen molar-refractivity contribution in [3.63, 3.8) is 0 Å². The smallest absolute Gasteiger partial charge is 0.196 e. The first-order valence-corrected chi connectivity index (χ1v) is 11.9. The van der Waals surface area contributed by atoms with Gasteiger partial charge < -0.3 is 5.32 Å². The van der Waals surface area contributed by atoms with Crippen LogP contribution in [0.5, 0.6) is 0 Å². The average Bonchev–Trinajstić information content (AvgIpc) is 3.24. The predicted octanol–water partition coefficient (Wildman–Crippen LogP) is 3.47. The van der Waals surface area contributed by atoms with E-state index < -0.39 is 9.84 Å². The van der Waals surface area contributed by atoms with Gasteiger partial charge in [-0.05, 0) is 37.1 Å². The van der Waals surface area contributed by atoms with Crippen LogP contribution in [0, 0.1) is 6.92 Å². The Morgan fingerprint density at radius 2 is 1.86 bits per heavy atom. The first kappa shape index (κ1) is 19.0. The van der Waals surface area contributed by atoms with E-state index in [1.165, 1.54) is 17.3 Å². The van der Waals surface area contributed by atoms with Crippen LogP contribution in [0.1, 0.15) is 17.8 Å². The Hall–Kier alpha value is -2.32. The summed E-state index contributed by atoms with van der Waals surface area (Å²) >= 11 is 1.50. The number of sulfone groups is 1. The van der Waals surface area contributed by atoms with E-state index in [0.717, 1.165) is 22.4 Å². The SMILES string of the molecule is Cc1ccccc1NCc1nnc(SC2CCS(=O)(=O)C2)n1-c1ccccc1. The van der Waals surface area contributed by atoms with E-state index in [1.807, 2.05) is 53.1 Å². The number of benzene rings is 2. The van der Waals surface area contributed by atoms with E-state index in [1.54, 1.807) is 0 Å². The third-order valence-corrected chi connectivity index (χ3v) is 7.95. The van der Waals surface area contributed by atoms with Crippen LogP contribution in [0.15, 0.2) is 59.8 Å². The maximum Gasteiger partial charge on any atom is 0.196 e. The van der Waals surface area contributed by atoms with Crippen molar-refractivity contribution in [2.45, 2.75) is 30.3 Å².